The van der Waals surface area contributed by atoms with Gasteiger partial charge in [0.25, 0.3) is 5.91 Å². The van der Waals surface area contributed by atoms with Gasteiger partial charge in [-0.15, -0.1) is 0 Å². The number of β-amino-alcohol motifs (C(OH)–C–C–N with tert-alkyl or cyclic N) is 2. The van der Waals surface area contributed by atoms with Gasteiger partial charge in [-0.2, -0.15) is 0 Å². The Morgan fingerprint density at radius 2 is 1.84 bits per heavy atom. The Morgan fingerprint density at radius 1 is 1.26 bits per heavy atom. The molecule has 1 saturated heterocycles. The average Bonchev–Trinajstić information content (AvgIpc) is 2.36. The molecule has 0 unspecified atom stereocenters. The number of carbonyl (C=O) groups is 1. The number of benzene rings is 1. The summed E-state index contributed by atoms with van der Waals surface area (Å²) >= 11 is 0. The van der Waals surface area contributed by atoms with Gasteiger partial charge in [-0.3, -0.25) is 4.79 Å². The van der Waals surface area contributed by atoms with Crippen LogP contribution in [-0.4, -0.2) is 52.9 Å². The Labute approximate surface area is 110 Å². The van der Waals surface area contributed by atoms with E-state index in [2.05, 4.69) is 0 Å². The summed E-state index contributed by atoms with van der Waals surface area (Å²) in [4.78, 5) is 13.2. The molecule has 6 heteroatoms. The fourth-order valence-electron chi connectivity index (χ4n) is 2.02. The molecular weight excluding hydrogens is 253 g/mol. The van der Waals surface area contributed by atoms with Crippen LogP contribution in [0.15, 0.2) is 24.3 Å². The number of nitrogens with zero attached hydrogens (tertiary/aromatic N) is 1. The Bertz CT molecular complexity index is 427. The molecule has 19 heavy (non-hydrogen) atoms. The van der Waals surface area contributed by atoms with Gasteiger partial charge in [0, 0.05) is 19.5 Å². The molecule has 0 aliphatic carbocycles. The van der Waals surface area contributed by atoms with Gasteiger partial charge in [0.1, 0.15) is 11.6 Å². The molecule has 1 heterocycles. The number of halogens is 1. The first kappa shape index (κ1) is 13.8. The zero-order valence-corrected chi connectivity index (χ0v) is 10.3. The van der Waals surface area contributed by atoms with Crippen molar-refractivity contribution in [3.05, 3.63) is 30.1 Å². The number of aliphatic hydroxyl groups excluding tert-OH is 2. The van der Waals surface area contributed by atoms with Gasteiger partial charge in [-0.1, -0.05) is 0 Å². The van der Waals surface area contributed by atoms with Gasteiger partial charge in [-0.25, -0.2) is 4.39 Å². The lowest BCUT2D eigenvalue weighted by molar-refractivity contribution is -0.139. The van der Waals surface area contributed by atoms with Crippen molar-refractivity contribution >= 4 is 5.91 Å². The van der Waals surface area contributed by atoms with Crippen molar-refractivity contribution in [1.29, 1.82) is 0 Å². The first-order valence-corrected chi connectivity index (χ1v) is 6.07. The number of carbonyl (C=O) groups excluding carboxylic acids is 1. The first-order valence-electron chi connectivity index (χ1n) is 6.07. The predicted molar refractivity (Wildman–Crippen MR) is 65.1 cm³/mol. The van der Waals surface area contributed by atoms with Gasteiger partial charge in [0.15, 0.2) is 6.61 Å². The van der Waals surface area contributed by atoms with E-state index in [1.807, 2.05) is 0 Å². The number of likely N-dealkylation sites (tertiary alicyclic amines) is 1. The summed E-state index contributed by atoms with van der Waals surface area (Å²) < 4.78 is 17.9. The fraction of sp³-hybridized carbons (Fsp3) is 0.462. The fourth-order valence-corrected chi connectivity index (χ4v) is 2.02. The summed E-state index contributed by atoms with van der Waals surface area (Å²) in [6.07, 6.45) is -1.14. The maximum absolute atomic E-state index is 12.7. The summed E-state index contributed by atoms with van der Waals surface area (Å²) in [5, 5.41) is 19.0. The van der Waals surface area contributed by atoms with E-state index in [4.69, 9.17) is 4.74 Å². The smallest absolute Gasteiger partial charge is 0.260 e. The second kappa shape index (κ2) is 5.99. The zero-order valence-electron chi connectivity index (χ0n) is 10.3. The molecule has 1 aromatic rings. The van der Waals surface area contributed by atoms with Crippen molar-refractivity contribution in [3.63, 3.8) is 0 Å². The molecule has 2 rings (SSSR count). The standard InChI is InChI=1S/C13H16FNO4/c14-9-1-3-12(4-2-9)19-8-13(18)15-6-10(16)5-11(17)7-15/h1-4,10-11,16-17H,5-8H2/t10-,11-/m1/s1. The number of piperidine rings is 1. The molecular formula is C13H16FNO4. The lowest BCUT2D eigenvalue weighted by Gasteiger charge is -2.33. The van der Waals surface area contributed by atoms with Gasteiger partial charge in [0.2, 0.25) is 0 Å². The summed E-state index contributed by atoms with van der Waals surface area (Å²) in [5.74, 6) is -0.295. The van der Waals surface area contributed by atoms with Crippen LogP contribution in [0, 0.1) is 5.82 Å². The number of hydrogen-bond acceptors (Lipinski definition) is 4. The van der Waals surface area contributed by atoms with E-state index in [0.717, 1.165) is 0 Å². The van der Waals surface area contributed by atoms with Crippen molar-refractivity contribution in [1.82, 2.24) is 4.90 Å². The molecule has 0 aromatic heterocycles. The van der Waals surface area contributed by atoms with Crippen LogP contribution in [0.3, 0.4) is 0 Å². The normalized spacial score (nSPS) is 23.2. The first-order chi connectivity index (χ1) is 9.04. The molecule has 0 bridgehead atoms. The van der Waals surface area contributed by atoms with Crippen LogP contribution in [-0.2, 0) is 4.79 Å². The van der Waals surface area contributed by atoms with Crippen LogP contribution in [0.1, 0.15) is 6.42 Å². The summed E-state index contributed by atoms with van der Waals surface area (Å²) in [6, 6.07) is 5.35. The van der Waals surface area contributed by atoms with E-state index in [1.165, 1.54) is 29.2 Å². The van der Waals surface area contributed by atoms with Gasteiger partial charge in [-0.05, 0) is 24.3 Å². The number of rotatable bonds is 3. The minimum Gasteiger partial charge on any atom is -0.484 e. The molecule has 0 radical (unpaired) electrons. The molecule has 1 aliphatic heterocycles. The second-order valence-electron chi connectivity index (χ2n) is 4.58. The highest BCUT2D eigenvalue weighted by atomic mass is 19.1. The number of amides is 1. The largest absolute Gasteiger partial charge is 0.484 e. The van der Waals surface area contributed by atoms with Gasteiger partial charge in [0.05, 0.1) is 12.2 Å². The SMILES string of the molecule is O=C(COc1ccc(F)cc1)N1C[C@H](O)C[C@@H](O)C1. The highest BCUT2D eigenvalue weighted by Crippen LogP contribution is 2.13. The molecule has 2 atom stereocenters. The van der Waals surface area contributed by atoms with Crippen LogP contribution >= 0.6 is 0 Å². The Balaban J connectivity index is 1.85. The van der Waals surface area contributed by atoms with E-state index in [0.29, 0.717) is 5.75 Å². The summed E-state index contributed by atoms with van der Waals surface area (Å²) in [6.45, 7) is 0.191. The Morgan fingerprint density at radius 3 is 2.42 bits per heavy atom. The molecule has 0 saturated carbocycles. The number of aliphatic hydroxyl groups is 2. The van der Waals surface area contributed by atoms with Crippen molar-refractivity contribution in [2.45, 2.75) is 18.6 Å². The topological polar surface area (TPSA) is 70.0 Å². The average molecular weight is 269 g/mol. The van der Waals surface area contributed by atoms with Crippen LogP contribution in [0.4, 0.5) is 4.39 Å². The monoisotopic (exact) mass is 269 g/mol. The number of hydrogen-bond donors (Lipinski definition) is 2. The molecule has 1 amide bonds. The third-order valence-corrected chi connectivity index (χ3v) is 2.94. The molecule has 0 spiro atoms. The second-order valence-corrected chi connectivity index (χ2v) is 4.58. The lowest BCUT2D eigenvalue weighted by atomic mass is 10.1. The minimum atomic E-state index is -0.710. The van der Waals surface area contributed by atoms with Crippen LogP contribution in [0.25, 0.3) is 0 Å². The van der Waals surface area contributed by atoms with E-state index in [1.54, 1.807) is 0 Å². The van der Waals surface area contributed by atoms with Crippen molar-refractivity contribution in [3.8, 4) is 5.75 Å². The lowest BCUT2D eigenvalue weighted by Crippen LogP contribution is -2.49. The predicted octanol–water partition coefficient (Wildman–Crippen LogP) is 0.159. The molecule has 5 nitrogen and oxygen atoms in total. The minimum absolute atomic E-state index is 0.197. The van der Waals surface area contributed by atoms with Crippen LogP contribution < -0.4 is 4.74 Å². The van der Waals surface area contributed by atoms with Crippen LogP contribution in [0.2, 0.25) is 0 Å². The third-order valence-electron chi connectivity index (χ3n) is 2.94. The van der Waals surface area contributed by atoms with Crippen molar-refractivity contribution in [2.24, 2.45) is 0 Å². The van der Waals surface area contributed by atoms with E-state index >= 15 is 0 Å². The highest BCUT2D eigenvalue weighted by Gasteiger charge is 2.27. The Kier molecular flexibility index (Phi) is 4.34. The zero-order chi connectivity index (χ0) is 13.8. The molecule has 2 N–H and O–H groups in total. The third kappa shape index (κ3) is 3.90. The number of ether oxygens (including phenoxy) is 1. The van der Waals surface area contributed by atoms with Crippen LogP contribution in [0.5, 0.6) is 5.75 Å². The van der Waals surface area contributed by atoms with Gasteiger partial charge >= 0.3 is 0 Å². The van der Waals surface area contributed by atoms with Crippen molar-refractivity contribution in [2.75, 3.05) is 19.7 Å². The highest BCUT2D eigenvalue weighted by molar-refractivity contribution is 5.78. The summed E-state index contributed by atoms with van der Waals surface area (Å²) in [5.41, 5.74) is 0. The quantitative estimate of drug-likeness (QED) is 0.820. The van der Waals surface area contributed by atoms with E-state index < -0.39 is 12.2 Å². The molecule has 104 valence electrons. The maximum atomic E-state index is 12.7. The summed E-state index contributed by atoms with van der Waals surface area (Å²) in [7, 11) is 0. The van der Waals surface area contributed by atoms with Crippen molar-refractivity contribution < 1.29 is 24.1 Å². The molecule has 1 aromatic carbocycles. The maximum Gasteiger partial charge on any atom is 0.260 e. The molecule has 1 fully saturated rings. The van der Waals surface area contributed by atoms with Gasteiger partial charge < -0.3 is 19.8 Å². The van der Waals surface area contributed by atoms with E-state index in [9.17, 15) is 19.4 Å². The Hall–Kier alpha value is -1.66. The van der Waals surface area contributed by atoms with E-state index in [-0.39, 0.29) is 37.8 Å². The molecule has 1 aliphatic rings.